The van der Waals surface area contributed by atoms with Gasteiger partial charge in [-0.1, -0.05) is 25.7 Å². The van der Waals surface area contributed by atoms with Crippen molar-refractivity contribution in [2.24, 2.45) is 11.8 Å². The van der Waals surface area contributed by atoms with Crippen LogP contribution in [0.5, 0.6) is 0 Å². The van der Waals surface area contributed by atoms with Crippen LogP contribution in [-0.4, -0.2) is 49.3 Å². The molecule has 5 atom stereocenters. The van der Waals surface area contributed by atoms with E-state index in [4.69, 9.17) is 10.5 Å². The molecule has 9 heteroatoms. The minimum absolute atomic E-state index is 0.248. The number of ether oxygens (including phenoxy) is 1. The lowest BCUT2D eigenvalue weighted by molar-refractivity contribution is -0.137. The zero-order chi connectivity index (χ0) is 21.3. The van der Waals surface area contributed by atoms with Crippen LogP contribution >= 0.6 is 0 Å². The molecule has 3 heterocycles. The molecule has 0 aromatic carbocycles. The topological polar surface area (TPSA) is 128 Å². The molecule has 1 saturated heterocycles. The summed E-state index contributed by atoms with van der Waals surface area (Å²) in [5.74, 6) is 7.69. The quantitative estimate of drug-likeness (QED) is 0.650. The van der Waals surface area contributed by atoms with Crippen molar-refractivity contribution in [3.63, 3.8) is 0 Å². The van der Waals surface area contributed by atoms with Crippen LogP contribution in [0, 0.1) is 23.7 Å². The van der Waals surface area contributed by atoms with Gasteiger partial charge in [0.1, 0.15) is 11.7 Å². The van der Waals surface area contributed by atoms with Crippen LogP contribution in [0.3, 0.4) is 0 Å². The van der Waals surface area contributed by atoms with Crippen LogP contribution < -0.4 is 11.1 Å². The number of nitrogen functional groups attached to an aromatic ring is 1. The number of hydrogen-bond acceptors (Lipinski definition) is 7. The van der Waals surface area contributed by atoms with Gasteiger partial charge in [-0.2, -0.15) is 0 Å². The van der Waals surface area contributed by atoms with E-state index in [1.54, 1.807) is 10.9 Å². The number of aromatic nitrogens is 4. The number of nitrogens with zero attached hydrogens (tertiary/aromatic N) is 4. The first-order valence-corrected chi connectivity index (χ1v) is 10.6. The highest BCUT2D eigenvalue weighted by atomic mass is 16.5. The van der Waals surface area contributed by atoms with Crippen molar-refractivity contribution in [2.75, 3.05) is 12.3 Å². The Labute approximate surface area is 175 Å². The van der Waals surface area contributed by atoms with E-state index in [1.807, 2.05) is 6.92 Å². The Morgan fingerprint density at radius 2 is 2.23 bits per heavy atom. The Hall–Kier alpha value is -2.70. The number of aliphatic hydroxyl groups excluding tert-OH is 1. The van der Waals surface area contributed by atoms with Crippen molar-refractivity contribution in [2.45, 2.75) is 64.4 Å². The number of carbonyl (C=O) groups excluding carboxylic acids is 1. The molecule has 2 aromatic rings. The molecule has 0 spiro atoms. The smallest absolute Gasteiger partial charge is 0.251 e. The normalized spacial score (nSPS) is 28.8. The molecular formula is C21H28N6O3. The van der Waals surface area contributed by atoms with Gasteiger partial charge in [0.25, 0.3) is 5.91 Å². The van der Waals surface area contributed by atoms with E-state index in [2.05, 4.69) is 39.0 Å². The average Bonchev–Trinajstić information content (AvgIpc) is 3.30. The second kappa shape index (κ2) is 8.58. The van der Waals surface area contributed by atoms with Gasteiger partial charge in [0.2, 0.25) is 5.82 Å². The lowest BCUT2D eigenvalue weighted by atomic mass is 9.83. The van der Waals surface area contributed by atoms with E-state index in [0.717, 1.165) is 12.8 Å². The van der Waals surface area contributed by atoms with Crippen molar-refractivity contribution in [1.29, 1.82) is 0 Å². The van der Waals surface area contributed by atoms with Gasteiger partial charge in [-0.25, -0.2) is 15.0 Å². The van der Waals surface area contributed by atoms with E-state index in [1.165, 1.54) is 12.8 Å². The predicted molar refractivity (Wildman–Crippen MR) is 111 cm³/mol. The maximum atomic E-state index is 12.1. The monoisotopic (exact) mass is 412 g/mol. The molecule has 1 amide bonds. The number of anilines is 1. The van der Waals surface area contributed by atoms with Crippen LogP contribution in [0.2, 0.25) is 0 Å². The Bertz CT molecular complexity index is 994. The van der Waals surface area contributed by atoms with Crippen molar-refractivity contribution in [3.05, 3.63) is 12.2 Å². The molecule has 0 radical (unpaired) electrons. The Morgan fingerprint density at radius 1 is 1.40 bits per heavy atom. The number of imidazole rings is 1. The predicted octanol–water partition coefficient (Wildman–Crippen LogP) is 1.37. The minimum atomic E-state index is -0.931. The summed E-state index contributed by atoms with van der Waals surface area (Å²) in [5, 5.41) is 13.0. The number of carbonyl (C=O) groups is 1. The highest BCUT2D eigenvalue weighted by molar-refractivity contribution is 5.83. The zero-order valence-electron chi connectivity index (χ0n) is 17.3. The van der Waals surface area contributed by atoms with Crippen LogP contribution in [-0.2, 0) is 9.53 Å². The molecule has 2 fully saturated rings. The molecule has 0 unspecified atom stereocenters. The number of rotatable bonds is 3. The summed E-state index contributed by atoms with van der Waals surface area (Å²) in [7, 11) is 0. The third kappa shape index (κ3) is 4.11. The van der Waals surface area contributed by atoms with E-state index < -0.39 is 18.4 Å². The highest BCUT2D eigenvalue weighted by Crippen LogP contribution is 2.32. The largest absolute Gasteiger partial charge is 0.390 e. The first-order chi connectivity index (χ1) is 14.5. The molecule has 1 saturated carbocycles. The summed E-state index contributed by atoms with van der Waals surface area (Å²) in [6, 6.07) is 0. The van der Waals surface area contributed by atoms with Gasteiger partial charge in [-0.3, -0.25) is 9.36 Å². The van der Waals surface area contributed by atoms with Gasteiger partial charge in [-0.15, -0.1) is 0 Å². The first-order valence-electron chi connectivity index (χ1n) is 10.6. The molecule has 4 rings (SSSR count). The number of nitrogens with two attached hydrogens (primary N) is 1. The highest BCUT2D eigenvalue weighted by Gasteiger charge is 2.40. The van der Waals surface area contributed by atoms with E-state index in [-0.39, 0.29) is 18.1 Å². The number of hydrogen-bond donors (Lipinski definition) is 3. The summed E-state index contributed by atoms with van der Waals surface area (Å²) < 4.78 is 7.50. The standard InChI is InChI=1S/C21H28N6O3/c1-3-23-21(29)18-14(28)10-16(30-18)27-11-24-17-19(22)25-15(26-20(17)27)8-7-13-6-4-5-12(2)9-13/h11-14,16,18,28H,3-6,9-10H2,1-2H3,(H,23,29)(H2,22,25,26)/t12-,13-,14+,16+,18-/m0/s1. The fourth-order valence-electron chi connectivity index (χ4n) is 4.27. The average molecular weight is 412 g/mol. The molecule has 160 valence electrons. The third-order valence-electron chi connectivity index (χ3n) is 5.79. The van der Waals surface area contributed by atoms with Gasteiger partial charge < -0.3 is 20.9 Å². The van der Waals surface area contributed by atoms with Crippen LogP contribution in [0.4, 0.5) is 5.82 Å². The second-order valence-corrected chi connectivity index (χ2v) is 8.20. The maximum absolute atomic E-state index is 12.1. The van der Waals surface area contributed by atoms with Gasteiger partial charge in [0.15, 0.2) is 17.6 Å². The van der Waals surface area contributed by atoms with Gasteiger partial charge in [0, 0.05) is 18.9 Å². The number of aliphatic hydroxyl groups is 1. The minimum Gasteiger partial charge on any atom is -0.390 e. The zero-order valence-corrected chi connectivity index (χ0v) is 17.3. The van der Waals surface area contributed by atoms with Crippen molar-refractivity contribution < 1.29 is 14.6 Å². The van der Waals surface area contributed by atoms with Crippen molar-refractivity contribution in [1.82, 2.24) is 24.8 Å². The molecule has 4 N–H and O–H groups in total. The lowest BCUT2D eigenvalue weighted by Crippen LogP contribution is -2.40. The van der Waals surface area contributed by atoms with Gasteiger partial charge >= 0.3 is 0 Å². The molecule has 9 nitrogen and oxygen atoms in total. The molecule has 1 aliphatic carbocycles. The molecule has 2 aliphatic rings. The molecule has 2 aromatic heterocycles. The maximum Gasteiger partial charge on any atom is 0.251 e. The molecular weight excluding hydrogens is 384 g/mol. The number of fused-ring (bicyclic) bond motifs is 1. The van der Waals surface area contributed by atoms with Gasteiger partial charge in [0.05, 0.1) is 12.4 Å². The van der Waals surface area contributed by atoms with Gasteiger partial charge in [-0.05, 0) is 31.6 Å². The summed E-state index contributed by atoms with van der Waals surface area (Å²) in [6.07, 6.45) is 4.03. The lowest BCUT2D eigenvalue weighted by Gasteiger charge is -2.22. The third-order valence-corrected chi connectivity index (χ3v) is 5.79. The van der Waals surface area contributed by atoms with E-state index in [9.17, 15) is 9.90 Å². The second-order valence-electron chi connectivity index (χ2n) is 8.20. The number of nitrogens with one attached hydrogen (secondary N) is 1. The van der Waals surface area contributed by atoms with Crippen LogP contribution in [0.15, 0.2) is 6.33 Å². The molecule has 0 bridgehead atoms. The number of amides is 1. The summed E-state index contributed by atoms with van der Waals surface area (Å²) in [4.78, 5) is 25.3. The SMILES string of the molecule is CCNC(=O)[C@H]1O[C@@H](n2cnc3c(N)nc(C#C[C@@H]4CCC[C@H](C)C4)nc32)C[C@H]1O. The van der Waals surface area contributed by atoms with Crippen LogP contribution in [0.1, 0.15) is 58.0 Å². The summed E-state index contributed by atoms with van der Waals surface area (Å²) in [5.41, 5.74) is 7.03. The molecule has 1 aliphatic heterocycles. The fraction of sp³-hybridized carbons (Fsp3) is 0.619. The Balaban J connectivity index is 1.59. The van der Waals surface area contributed by atoms with E-state index in [0.29, 0.717) is 35.4 Å². The molecule has 30 heavy (non-hydrogen) atoms. The van der Waals surface area contributed by atoms with Crippen LogP contribution in [0.25, 0.3) is 11.2 Å². The Kier molecular flexibility index (Phi) is 5.88. The van der Waals surface area contributed by atoms with Crippen molar-refractivity contribution >= 4 is 22.9 Å². The summed E-state index contributed by atoms with van der Waals surface area (Å²) in [6.45, 7) is 4.54. The van der Waals surface area contributed by atoms with E-state index >= 15 is 0 Å². The Morgan fingerprint density at radius 3 is 3.00 bits per heavy atom. The first kappa shape index (κ1) is 20.6. The number of likely N-dealkylation sites (N-methyl/N-ethyl adjacent to an activating group) is 1. The summed E-state index contributed by atoms with van der Waals surface area (Å²) >= 11 is 0. The van der Waals surface area contributed by atoms with Crippen molar-refractivity contribution in [3.8, 4) is 11.8 Å². The fourth-order valence-corrected chi connectivity index (χ4v) is 4.27.